The zero-order valence-electron chi connectivity index (χ0n) is 13.3. The number of rotatable bonds is 7. The molecular formula is C18H19F2NO3. The molecule has 0 aliphatic rings. The molecule has 0 aromatic heterocycles. The summed E-state index contributed by atoms with van der Waals surface area (Å²) in [6, 6.07) is 10.3. The van der Waals surface area contributed by atoms with Gasteiger partial charge >= 0.3 is 0 Å². The summed E-state index contributed by atoms with van der Waals surface area (Å²) in [5, 5.41) is 12.4. The molecule has 0 heterocycles. The Morgan fingerprint density at radius 2 is 1.88 bits per heavy atom. The minimum Gasteiger partial charge on any atom is -0.491 e. The van der Waals surface area contributed by atoms with Gasteiger partial charge in [-0.2, -0.15) is 0 Å². The van der Waals surface area contributed by atoms with Gasteiger partial charge in [0, 0.05) is 18.2 Å². The second-order valence-corrected chi connectivity index (χ2v) is 5.30. The maximum absolute atomic E-state index is 13.0. The van der Waals surface area contributed by atoms with Gasteiger partial charge in [0.25, 0.3) is 5.91 Å². The minimum absolute atomic E-state index is 0.0158. The summed E-state index contributed by atoms with van der Waals surface area (Å²) < 4.78 is 31.0. The molecule has 0 saturated heterocycles. The smallest absolute Gasteiger partial charge is 0.251 e. The molecule has 2 aromatic carbocycles. The molecule has 128 valence electrons. The summed E-state index contributed by atoms with van der Waals surface area (Å²) in [5.41, 5.74) is 1.63. The largest absolute Gasteiger partial charge is 0.491 e. The number of hydrogen-bond donors (Lipinski definition) is 2. The van der Waals surface area contributed by atoms with Crippen LogP contribution in [0.1, 0.15) is 22.8 Å². The number of aliphatic hydroxyl groups excluding tert-OH is 1. The van der Waals surface area contributed by atoms with Crippen molar-refractivity contribution in [3.63, 3.8) is 0 Å². The molecule has 24 heavy (non-hydrogen) atoms. The predicted octanol–water partition coefficient (Wildman–Crippen LogP) is 2.70. The monoisotopic (exact) mass is 335 g/mol. The molecule has 1 unspecified atom stereocenters. The molecule has 0 radical (unpaired) electrons. The SMILES string of the molecule is CCc1ccc(C(=O)NCC(O)COc2ccc(F)c(F)c2)cc1. The molecule has 0 saturated carbocycles. The van der Waals surface area contributed by atoms with E-state index in [2.05, 4.69) is 5.32 Å². The van der Waals surface area contributed by atoms with Crippen LogP contribution >= 0.6 is 0 Å². The van der Waals surface area contributed by atoms with Gasteiger partial charge < -0.3 is 15.2 Å². The highest BCUT2D eigenvalue weighted by Crippen LogP contribution is 2.15. The van der Waals surface area contributed by atoms with Crippen LogP contribution in [0.5, 0.6) is 5.75 Å². The van der Waals surface area contributed by atoms with Crippen molar-refractivity contribution < 1.29 is 23.4 Å². The molecule has 2 N–H and O–H groups in total. The Bertz CT molecular complexity index is 689. The third-order valence-corrected chi connectivity index (χ3v) is 3.46. The molecule has 1 atom stereocenters. The lowest BCUT2D eigenvalue weighted by molar-refractivity contribution is 0.0843. The molecule has 0 fully saturated rings. The van der Waals surface area contributed by atoms with Crippen molar-refractivity contribution in [3.8, 4) is 5.75 Å². The topological polar surface area (TPSA) is 58.6 Å². The van der Waals surface area contributed by atoms with Crippen LogP contribution in [-0.2, 0) is 6.42 Å². The van der Waals surface area contributed by atoms with Gasteiger partial charge in [0.15, 0.2) is 11.6 Å². The molecule has 1 amide bonds. The van der Waals surface area contributed by atoms with Gasteiger partial charge in [-0.15, -0.1) is 0 Å². The van der Waals surface area contributed by atoms with Gasteiger partial charge in [0.05, 0.1) is 0 Å². The predicted molar refractivity (Wildman–Crippen MR) is 86.0 cm³/mol. The third-order valence-electron chi connectivity index (χ3n) is 3.46. The molecule has 6 heteroatoms. The van der Waals surface area contributed by atoms with E-state index in [1.165, 1.54) is 6.07 Å². The average molecular weight is 335 g/mol. The van der Waals surface area contributed by atoms with E-state index in [1.807, 2.05) is 19.1 Å². The summed E-state index contributed by atoms with van der Waals surface area (Å²) in [4.78, 5) is 12.0. The van der Waals surface area contributed by atoms with E-state index in [0.29, 0.717) is 5.56 Å². The van der Waals surface area contributed by atoms with E-state index in [-0.39, 0.29) is 24.8 Å². The van der Waals surface area contributed by atoms with Crippen LogP contribution in [0.15, 0.2) is 42.5 Å². The first-order valence-corrected chi connectivity index (χ1v) is 7.62. The fraction of sp³-hybridized carbons (Fsp3) is 0.278. The standard InChI is InChI=1S/C18H19F2NO3/c1-2-12-3-5-13(6-4-12)18(23)21-10-14(22)11-24-15-7-8-16(19)17(20)9-15/h3-9,14,22H,2,10-11H2,1H3,(H,21,23). The minimum atomic E-state index is -1.02. The first kappa shape index (κ1) is 17.9. The summed E-state index contributed by atoms with van der Waals surface area (Å²) in [7, 11) is 0. The Morgan fingerprint density at radius 3 is 2.50 bits per heavy atom. The van der Waals surface area contributed by atoms with Crippen molar-refractivity contribution in [1.82, 2.24) is 5.32 Å². The Hall–Kier alpha value is -2.47. The molecule has 0 spiro atoms. The lowest BCUT2D eigenvalue weighted by atomic mass is 10.1. The first-order chi connectivity index (χ1) is 11.5. The highest BCUT2D eigenvalue weighted by atomic mass is 19.2. The fourth-order valence-corrected chi connectivity index (χ4v) is 2.02. The Morgan fingerprint density at radius 1 is 1.17 bits per heavy atom. The summed E-state index contributed by atoms with van der Waals surface area (Å²) >= 11 is 0. The van der Waals surface area contributed by atoms with E-state index in [0.717, 1.165) is 24.1 Å². The highest BCUT2D eigenvalue weighted by molar-refractivity contribution is 5.94. The molecular weight excluding hydrogens is 316 g/mol. The maximum atomic E-state index is 13.0. The van der Waals surface area contributed by atoms with Crippen LogP contribution in [0.3, 0.4) is 0 Å². The van der Waals surface area contributed by atoms with Gasteiger partial charge in [-0.25, -0.2) is 8.78 Å². The average Bonchev–Trinajstić information content (AvgIpc) is 2.60. The van der Waals surface area contributed by atoms with Gasteiger partial charge in [0.2, 0.25) is 0 Å². The van der Waals surface area contributed by atoms with Crippen molar-refractivity contribution in [3.05, 3.63) is 65.2 Å². The second kappa shape index (κ2) is 8.40. The summed E-state index contributed by atoms with van der Waals surface area (Å²) in [6.07, 6.45) is -0.0842. The number of carbonyl (C=O) groups is 1. The zero-order valence-corrected chi connectivity index (χ0v) is 13.3. The Labute approximate surface area is 139 Å². The number of nitrogens with one attached hydrogen (secondary N) is 1. The van der Waals surface area contributed by atoms with Gasteiger partial charge in [-0.05, 0) is 36.2 Å². The summed E-state index contributed by atoms with van der Waals surface area (Å²) in [5.74, 6) is -2.19. The zero-order chi connectivity index (χ0) is 17.5. The number of benzene rings is 2. The third kappa shape index (κ3) is 5.03. The number of ether oxygens (including phenoxy) is 1. The maximum Gasteiger partial charge on any atom is 0.251 e. The number of halogens is 2. The van der Waals surface area contributed by atoms with Crippen LogP contribution in [-0.4, -0.2) is 30.3 Å². The lowest BCUT2D eigenvalue weighted by Crippen LogP contribution is -2.35. The quantitative estimate of drug-likeness (QED) is 0.818. The number of amides is 1. The van der Waals surface area contributed by atoms with Gasteiger partial charge in [-0.1, -0.05) is 19.1 Å². The van der Waals surface area contributed by atoms with Crippen LogP contribution in [0.2, 0.25) is 0 Å². The molecule has 2 rings (SSSR count). The van der Waals surface area contributed by atoms with Crippen molar-refractivity contribution in [2.24, 2.45) is 0 Å². The van der Waals surface area contributed by atoms with E-state index < -0.39 is 17.7 Å². The molecule has 4 nitrogen and oxygen atoms in total. The van der Waals surface area contributed by atoms with Crippen molar-refractivity contribution in [2.75, 3.05) is 13.2 Å². The number of hydrogen-bond acceptors (Lipinski definition) is 3. The number of aryl methyl sites for hydroxylation is 1. The Balaban J connectivity index is 1.78. The number of carbonyl (C=O) groups excluding carboxylic acids is 1. The van der Waals surface area contributed by atoms with Crippen molar-refractivity contribution in [1.29, 1.82) is 0 Å². The number of aliphatic hydroxyl groups is 1. The second-order valence-electron chi connectivity index (χ2n) is 5.30. The van der Waals surface area contributed by atoms with Gasteiger partial charge in [-0.3, -0.25) is 4.79 Å². The van der Waals surface area contributed by atoms with Crippen molar-refractivity contribution >= 4 is 5.91 Å². The van der Waals surface area contributed by atoms with E-state index >= 15 is 0 Å². The van der Waals surface area contributed by atoms with E-state index in [1.54, 1.807) is 12.1 Å². The fourth-order valence-electron chi connectivity index (χ4n) is 2.02. The normalized spacial score (nSPS) is 11.8. The van der Waals surface area contributed by atoms with Crippen LogP contribution in [0, 0.1) is 11.6 Å². The summed E-state index contributed by atoms with van der Waals surface area (Å²) in [6.45, 7) is 1.86. The van der Waals surface area contributed by atoms with Gasteiger partial charge in [0.1, 0.15) is 18.5 Å². The van der Waals surface area contributed by atoms with E-state index in [4.69, 9.17) is 4.74 Å². The molecule has 0 aliphatic carbocycles. The molecule has 2 aromatic rings. The molecule has 0 bridgehead atoms. The first-order valence-electron chi connectivity index (χ1n) is 7.62. The van der Waals surface area contributed by atoms with Crippen LogP contribution in [0.25, 0.3) is 0 Å². The highest BCUT2D eigenvalue weighted by Gasteiger charge is 2.11. The van der Waals surface area contributed by atoms with Crippen molar-refractivity contribution in [2.45, 2.75) is 19.4 Å². The lowest BCUT2D eigenvalue weighted by Gasteiger charge is -2.13. The Kier molecular flexibility index (Phi) is 6.26. The van der Waals surface area contributed by atoms with Crippen LogP contribution in [0.4, 0.5) is 8.78 Å². The van der Waals surface area contributed by atoms with Crippen LogP contribution < -0.4 is 10.1 Å². The molecule has 0 aliphatic heterocycles. The van der Waals surface area contributed by atoms with E-state index in [9.17, 15) is 18.7 Å².